The summed E-state index contributed by atoms with van der Waals surface area (Å²) < 4.78 is 6.17. The largest absolute Gasteiger partial charge is 0.374 e. The Kier molecular flexibility index (Phi) is 3.14. The fourth-order valence-electron chi connectivity index (χ4n) is 4.07. The number of hydrogen-bond acceptors (Lipinski definition) is 2. The number of fused-ring (bicyclic) bond motifs is 2. The van der Waals surface area contributed by atoms with Crippen LogP contribution in [0.4, 0.5) is 0 Å². The van der Waals surface area contributed by atoms with Crippen molar-refractivity contribution >= 4 is 5.78 Å². The lowest BCUT2D eigenvalue weighted by atomic mass is 9.70. The highest BCUT2D eigenvalue weighted by molar-refractivity contribution is 5.75. The lowest BCUT2D eigenvalue weighted by molar-refractivity contribution is -0.124. The molecule has 0 spiro atoms. The Morgan fingerprint density at radius 2 is 2.06 bits per heavy atom. The van der Waals surface area contributed by atoms with Crippen molar-refractivity contribution in [2.75, 3.05) is 0 Å². The van der Waals surface area contributed by atoms with Crippen LogP contribution in [-0.4, -0.2) is 18.0 Å². The number of Topliss-reactive ketones (excluding diaryl/α,β-unsaturated/α-hetero) is 1. The maximum absolute atomic E-state index is 11.1. The van der Waals surface area contributed by atoms with Gasteiger partial charge >= 0.3 is 0 Å². The van der Waals surface area contributed by atoms with E-state index in [0.717, 1.165) is 5.92 Å². The molecule has 2 aliphatic rings. The monoisotopic (exact) mass is 238 g/mol. The first-order chi connectivity index (χ1) is 7.77. The van der Waals surface area contributed by atoms with Crippen LogP contribution in [-0.2, 0) is 9.53 Å². The summed E-state index contributed by atoms with van der Waals surface area (Å²) in [4.78, 5) is 11.1. The van der Waals surface area contributed by atoms with Crippen molar-refractivity contribution in [3.05, 3.63) is 0 Å². The highest BCUT2D eigenvalue weighted by atomic mass is 16.5. The minimum absolute atomic E-state index is 0.0736. The summed E-state index contributed by atoms with van der Waals surface area (Å²) in [7, 11) is 0. The number of carbonyl (C=O) groups is 1. The molecule has 0 aliphatic heterocycles. The molecule has 17 heavy (non-hydrogen) atoms. The third kappa shape index (κ3) is 1.95. The standard InChI is InChI=1S/C15H26O2/c1-10(16)8-11(2)17-13-9-12-6-7-15(13,5)14(12,3)4/h11-13H,6-9H2,1-5H3. The molecule has 2 nitrogen and oxygen atoms in total. The van der Waals surface area contributed by atoms with Crippen LogP contribution in [0.5, 0.6) is 0 Å². The van der Waals surface area contributed by atoms with Gasteiger partial charge in [-0.3, -0.25) is 4.79 Å². The van der Waals surface area contributed by atoms with Gasteiger partial charge in [0.25, 0.3) is 0 Å². The van der Waals surface area contributed by atoms with Gasteiger partial charge in [-0.25, -0.2) is 0 Å². The van der Waals surface area contributed by atoms with Crippen LogP contribution in [0.2, 0.25) is 0 Å². The van der Waals surface area contributed by atoms with Gasteiger partial charge in [-0.05, 0) is 49.9 Å². The molecular weight excluding hydrogens is 212 g/mol. The first-order valence-corrected chi connectivity index (χ1v) is 6.92. The zero-order valence-electron chi connectivity index (χ0n) is 11.9. The summed E-state index contributed by atoms with van der Waals surface area (Å²) in [6, 6.07) is 0. The van der Waals surface area contributed by atoms with Gasteiger partial charge in [0.2, 0.25) is 0 Å². The molecule has 0 radical (unpaired) electrons. The van der Waals surface area contributed by atoms with Crippen molar-refractivity contribution in [2.45, 2.75) is 72.5 Å². The molecule has 2 rings (SSSR count). The van der Waals surface area contributed by atoms with E-state index in [1.165, 1.54) is 19.3 Å². The number of ether oxygens (including phenoxy) is 1. The number of hydrogen-bond donors (Lipinski definition) is 0. The molecule has 0 amide bonds. The molecule has 4 unspecified atom stereocenters. The fourth-order valence-corrected chi connectivity index (χ4v) is 4.07. The van der Waals surface area contributed by atoms with Crippen molar-refractivity contribution in [1.29, 1.82) is 0 Å². The van der Waals surface area contributed by atoms with E-state index in [1.807, 2.05) is 6.92 Å². The third-order valence-electron chi connectivity index (χ3n) is 5.69. The SMILES string of the molecule is CC(=O)CC(C)OC1CC2CCC1(C)C2(C)C. The van der Waals surface area contributed by atoms with Gasteiger partial charge in [0.15, 0.2) is 0 Å². The Morgan fingerprint density at radius 3 is 2.47 bits per heavy atom. The molecule has 0 aromatic carbocycles. The van der Waals surface area contributed by atoms with Crippen LogP contribution in [0.15, 0.2) is 0 Å². The summed E-state index contributed by atoms with van der Waals surface area (Å²) in [5.74, 6) is 1.03. The molecule has 0 aromatic heterocycles. The van der Waals surface area contributed by atoms with Crippen molar-refractivity contribution in [2.24, 2.45) is 16.7 Å². The Morgan fingerprint density at radius 1 is 1.41 bits per heavy atom. The van der Waals surface area contributed by atoms with Gasteiger partial charge in [-0.2, -0.15) is 0 Å². The van der Waals surface area contributed by atoms with Crippen molar-refractivity contribution in [3.63, 3.8) is 0 Å². The summed E-state index contributed by atoms with van der Waals surface area (Å²) in [5.41, 5.74) is 0.705. The maximum Gasteiger partial charge on any atom is 0.132 e. The van der Waals surface area contributed by atoms with Crippen molar-refractivity contribution in [1.82, 2.24) is 0 Å². The predicted octanol–water partition coefficient (Wildman–Crippen LogP) is 3.59. The summed E-state index contributed by atoms with van der Waals surface area (Å²) in [5, 5.41) is 0. The zero-order valence-corrected chi connectivity index (χ0v) is 11.9. The van der Waals surface area contributed by atoms with Crippen LogP contribution in [0.3, 0.4) is 0 Å². The molecule has 98 valence electrons. The Labute approximate surface area is 105 Å². The van der Waals surface area contributed by atoms with Crippen molar-refractivity contribution in [3.8, 4) is 0 Å². The number of carbonyl (C=O) groups excluding carboxylic acids is 1. The Bertz CT molecular complexity index is 321. The molecule has 2 aliphatic carbocycles. The van der Waals surface area contributed by atoms with E-state index in [2.05, 4.69) is 20.8 Å². The quantitative estimate of drug-likeness (QED) is 0.748. The molecule has 2 heteroatoms. The van der Waals surface area contributed by atoms with Gasteiger partial charge in [0.05, 0.1) is 12.2 Å². The van der Waals surface area contributed by atoms with E-state index in [1.54, 1.807) is 6.92 Å². The van der Waals surface area contributed by atoms with Gasteiger partial charge in [-0.15, -0.1) is 0 Å². The minimum atomic E-state index is 0.0736. The average molecular weight is 238 g/mol. The van der Waals surface area contributed by atoms with E-state index in [4.69, 9.17) is 4.74 Å². The number of rotatable bonds is 4. The molecule has 0 saturated heterocycles. The second-order valence-electron chi connectivity index (χ2n) is 6.95. The van der Waals surface area contributed by atoms with Crippen LogP contribution >= 0.6 is 0 Å². The average Bonchev–Trinajstić information content (AvgIpc) is 2.49. The van der Waals surface area contributed by atoms with Crippen LogP contribution in [0.1, 0.15) is 60.3 Å². The van der Waals surface area contributed by atoms with Crippen LogP contribution in [0.25, 0.3) is 0 Å². The topological polar surface area (TPSA) is 26.3 Å². The molecule has 0 heterocycles. The van der Waals surface area contributed by atoms with Crippen LogP contribution in [0, 0.1) is 16.7 Å². The smallest absolute Gasteiger partial charge is 0.132 e. The zero-order chi connectivity index (χ0) is 12.8. The second kappa shape index (κ2) is 4.08. The normalized spacial score (nSPS) is 40.5. The molecule has 0 N–H and O–H groups in total. The van der Waals surface area contributed by atoms with E-state index in [9.17, 15) is 4.79 Å². The summed E-state index contributed by atoms with van der Waals surface area (Å²) in [6.07, 6.45) is 4.80. The molecule has 2 bridgehead atoms. The van der Waals surface area contributed by atoms with E-state index in [-0.39, 0.29) is 11.9 Å². The minimum Gasteiger partial charge on any atom is -0.374 e. The van der Waals surface area contributed by atoms with Gasteiger partial charge in [0.1, 0.15) is 5.78 Å². The first-order valence-electron chi connectivity index (χ1n) is 6.92. The Balaban J connectivity index is 2.03. The summed E-state index contributed by atoms with van der Waals surface area (Å²) >= 11 is 0. The lowest BCUT2D eigenvalue weighted by Crippen LogP contribution is -2.39. The lowest BCUT2D eigenvalue weighted by Gasteiger charge is -2.39. The van der Waals surface area contributed by atoms with Gasteiger partial charge < -0.3 is 4.74 Å². The molecule has 4 atom stereocenters. The summed E-state index contributed by atoms with van der Waals surface area (Å²) in [6.45, 7) is 10.8. The molecular formula is C15H26O2. The molecule has 2 fully saturated rings. The second-order valence-corrected chi connectivity index (χ2v) is 6.95. The third-order valence-corrected chi connectivity index (χ3v) is 5.69. The van der Waals surface area contributed by atoms with E-state index in [0.29, 0.717) is 23.4 Å². The Hall–Kier alpha value is -0.370. The van der Waals surface area contributed by atoms with E-state index < -0.39 is 0 Å². The molecule has 2 saturated carbocycles. The molecule has 0 aromatic rings. The fraction of sp³-hybridized carbons (Fsp3) is 0.933. The number of ketones is 1. The maximum atomic E-state index is 11.1. The van der Waals surface area contributed by atoms with E-state index >= 15 is 0 Å². The van der Waals surface area contributed by atoms with Crippen molar-refractivity contribution < 1.29 is 9.53 Å². The highest BCUT2D eigenvalue weighted by Crippen LogP contribution is 2.66. The van der Waals surface area contributed by atoms with Crippen LogP contribution < -0.4 is 0 Å². The predicted molar refractivity (Wildman–Crippen MR) is 68.9 cm³/mol. The highest BCUT2D eigenvalue weighted by Gasteiger charge is 2.62. The van der Waals surface area contributed by atoms with Gasteiger partial charge in [0, 0.05) is 6.42 Å². The van der Waals surface area contributed by atoms with Gasteiger partial charge in [-0.1, -0.05) is 20.8 Å². The first kappa shape index (κ1) is 13.1.